The molecule has 0 saturated carbocycles. The minimum Gasteiger partial charge on any atom is -0.340 e. The molecule has 2 heteroatoms. The Bertz CT molecular complexity index is 184. The van der Waals surface area contributed by atoms with Gasteiger partial charge in [-0.3, -0.25) is 4.79 Å². The summed E-state index contributed by atoms with van der Waals surface area (Å²) in [7, 11) is 0. The molecule has 0 unspecified atom stereocenters. The van der Waals surface area contributed by atoms with E-state index in [-0.39, 0.29) is 0 Å². The Hall–Kier alpha value is -0.790. The van der Waals surface area contributed by atoms with Gasteiger partial charge in [-0.2, -0.15) is 0 Å². The molecule has 0 saturated heterocycles. The zero-order chi connectivity index (χ0) is 8.97. The van der Waals surface area contributed by atoms with Crippen LogP contribution in [-0.4, -0.2) is 23.4 Å². The number of amides is 1. The van der Waals surface area contributed by atoms with Crippen LogP contribution < -0.4 is 0 Å². The first-order valence-corrected chi connectivity index (χ1v) is 4.66. The molecule has 1 rings (SSSR count). The summed E-state index contributed by atoms with van der Waals surface area (Å²) < 4.78 is 0. The number of allylic oxidation sites excluding steroid dienone is 1. The van der Waals surface area contributed by atoms with E-state index in [1.165, 1.54) is 0 Å². The normalized spacial score (nSPS) is 22.2. The van der Waals surface area contributed by atoms with Gasteiger partial charge in [0.2, 0.25) is 5.91 Å². The third-order valence-corrected chi connectivity index (χ3v) is 2.17. The first-order valence-electron chi connectivity index (χ1n) is 4.66. The van der Waals surface area contributed by atoms with Crippen LogP contribution in [0.1, 0.15) is 33.1 Å². The zero-order valence-corrected chi connectivity index (χ0v) is 7.92. The Labute approximate surface area is 74.2 Å². The smallest absolute Gasteiger partial charge is 0.223 e. The Balaban J connectivity index is 2.58. The van der Waals surface area contributed by atoms with E-state index >= 15 is 0 Å². The third-order valence-electron chi connectivity index (χ3n) is 2.17. The van der Waals surface area contributed by atoms with Gasteiger partial charge in [-0.05, 0) is 26.7 Å². The van der Waals surface area contributed by atoms with Gasteiger partial charge in [-0.15, -0.1) is 0 Å². The van der Waals surface area contributed by atoms with Crippen LogP contribution in [0.25, 0.3) is 0 Å². The summed E-state index contributed by atoms with van der Waals surface area (Å²) in [6.45, 7) is 5.03. The molecule has 1 heterocycles. The van der Waals surface area contributed by atoms with Gasteiger partial charge in [-0.25, -0.2) is 0 Å². The number of carbonyl (C=O) groups is 1. The molecule has 0 aliphatic carbocycles. The Kier molecular flexibility index (Phi) is 3.32. The fraction of sp³-hybridized carbons (Fsp3) is 0.700. The maximum atomic E-state index is 11.5. The number of nitrogens with zero attached hydrogens (tertiary/aromatic N) is 1. The number of rotatable bonds is 1. The fourth-order valence-corrected chi connectivity index (χ4v) is 1.47. The van der Waals surface area contributed by atoms with Crippen molar-refractivity contribution in [1.82, 2.24) is 4.90 Å². The van der Waals surface area contributed by atoms with Gasteiger partial charge in [-0.1, -0.05) is 12.2 Å². The zero-order valence-electron chi connectivity index (χ0n) is 7.92. The van der Waals surface area contributed by atoms with Crippen molar-refractivity contribution >= 4 is 5.91 Å². The van der Waals surface area contributed by atoms with Crippen LogP contribution in [0.5, 0.6) is 0 Å². The Morgan fingerprint density at radius 1 is 1.33 bits per heavy atom. The van der Waals surface area contributed by atoms with E-state index in [0.717, 1.165) is 19.4 Å². The van der Waals surface area contributed by atoms with Gasteiger partial charge in [0.1, 0.15) is 0 Å². The number of carbonyl (C=O) groups excluding carboxylic acids is 1. The highest BCUT2D eigenvalue weighted by Crippen LogP contribution is 2.08. The second-order valence-electron chi connectivity index (χ2n) is 3.48. The van der Waals surface area contributed by atoms with Crippen LogP contribution in [-0.2, 0) is 4.79 Å². The molecule has 68 valence electrons. The summed E-state index contributed by atoms with van der Waals surface area (Å²) in [5.74, 6) is 0.300. The van der Waals surface area contributed by atoms with Crippen molar-refractivity contribution in [2.45, 2.75) is 39.2 Å². The average molecular weight is 167 g/mol. The van der Waals surface area contributed by atoms with Gasteiger partial charge in [0.15, 0.2) is 0 Å². The quantitative estimate of drug-likeness (QED) is 0.547. The van der Waals surface area contributed by atoms with Crippen molar-refractivity contribution in [2.24, 2.45) is 0 Å². The van der Waals surface area contributed by atoms with E-state index in [1.54, 1.807) is 0 Å². The monoisotopic (exact) mass is 167 g/mol. The van der Waals surface area contributed by atoms with E-state index in [0.29, 0.717) is 18.4 Å². The third kappa shape index (κ3) is 2.36. The number of hydrogen-bond donors (Lipinski definition) is 0. The van der Waals surface area contributed by atoms with Gasteiger partial charge in [0.25, 0.3) is 0 Å². The Morgan fingerprint density at radius 2 is 2.00 bits per heavy atom. The Morgan fingerprint density at radius 3 is 2.67 bits per heavy atom. The van der Waals surface area contributed by atoms with Crippen molar-refractivity contribution in [1.29, 1.82) is 0 Å². The minimum atomic E-state index is 0.300. The van der Waals surface area contributed by atoms with Crippen LogP contribution in [0.4, 0.5) is 0 Å². The molecule has 0 aromatic rings. The highest BCUT2D eigenvalue weighted by Gasteiger charge is 2.15. The maximum Gasteiger partial charge on any atom is 0.223 e. The minimum absolute atomic E-state index is 0.300. The van der Waals surface area contributed by atoms with E-state index < -0.39 is 0 Å². The molecule has 0 fully saturated rings. The second-order valence-corrected chi connectivity index (χ2v) is 3.48. The second kappa shape index (κ2) is 4.29. The molecule has 2 nitrogen and oxygen atoms in total. The topological polar surface area (TPSA) is 20.3 Å². The highest BCUT2D eigenvalue weighted by atomic mass is 16.2. The van der Waals surface area contributed by atoms with Gasteiger partial charge in [0.05, 0.1) is 0 Å². The van der Waals surface area contributed by atoms with Crippen LogP contribution in [0, 0.1) is 0 Å². The van der Waals surface area contributed by atoms with Crippen LogP contribution >= 0.6 is 0 Å². The molecule has 0 aromatic carbocycles. The van der Waals surface area contributed by atoms with E-state index in [9.17, 15) is 4.79 Å². The molecule has 1 aliphatic heterocycles. The summed E-state index contributed by atoms with van der Waals surface area (Å²) in [5, 5.41) is 0. The summed E-state index contributed by atoms with van der Waals surface area (Å²) in [4.78, 5) is 13.5. The first kappa shape index (κ1) is 9.30. The average Bonchev–Trinajstić information content (AvgIpc) is 1.96. The molecule has 1 aliphatic rings. The van der Waals surface area contributed by atoms with Crippen LogP contribution in [0.3, 0.4) is 0 Å². The largest absolute Gasteiger partial charge is 0.340 e. The number of hydrogen-bond acceptors (Lipinski definition) is 1. The van der Waals surface area contributed by atoms with Crippen LogP contribution in [0.2, 0.25) is 0 Å². The molecular formula is C10H17NO. The lowest BCUT2D eigenvalue weighted by molar-refractivity contribution is -0.132. The molecule has 0 bridgehead atoms. The van der Waals surface area contributed by atoms with Crippen LogP contribution in [0.15, 0.2) is 12.2 Å². The van der Waals surface area contributed by atoms with Crippen molar-refractivity contribution < 1.29 is 4.79 Å². The van der Waals surface area contributed by atoms with Gasteiger partial charge in [0, 0.05) is 19.0 Å². The predicted octanol–water partition coefficient (Wildman–Crippen LogP) is 1.96. The summed E-state index contributed by atoms with van der Waals surface area (Å²) >= 11 is 0. The van der Waals surface area contributed by atoms with Crippen molar-refractivity contribution in [3.05, 3.63) is 12.2 Å². The molecular weight excluding hydrogens is 150 g/mol. The van der Waals surface area contributed by atoms with Crippen molar-refractivity contribution in [2.75, 3.05) is 6.54 Å². The van der Waals surface area contributed by atoms with E-state index in [2.05, 4.69) is 26.0 Å². The molecule has 0 N–H and O–H groups in total. The van der Waals surface area contributed by atoms with Crippen molar-refractivity contribution in [3.8, 4) is 0 Å². The lowest BCUT2D eigenvalue weighted by Crippen LogP contribution is -2.37. The van der Waals surface area contributed by atoms with E-state index in [4.69, 9.17) is 0 Å². The first-order chi connectivity index (χ1) is 5.72. The molecule has 0 spiro atoms. The maximum absolute atomic E-state index is 11.5. The standard InChI is InChI=1S/C10H17NO/c1-9(2)11-8-6-4-3-5-7-10(11)12/h3-4,9H,5-8H2,1-2H3/b4-3+. The lowest BCUT2D eigenvalue weighted by atomic mass is 10.1. The molecule has 0 atom stereocenters. The summed E-state index contributed by atoms with van der Waals surface area (Å²) in [6.07, 6.45) is 6.86. The van der Waals surface area contributed by atoms with Gasteiger partial charge < -0.3 is 4.90 Å². The molecule has 0 radical (unpaired) electrons. The summed E-state index contributed by atoms with van der Waals surface area (Å²) in [5.41, 5.74) is 0. The SMILES string of the molecule is CC(C)N1CC/C=C/CCC1=O. The molecule has 0 aromatic heterocycles. The lowest BCUT2D eigenvalue weighted by Gasteiger charge is -2.27. The predicted molar refractivity (Wildman–Crippen MR) is 49.8 cm³/mol. The molecule has 12 heavy (non-hydrogen) atoms. The van der Waals surface area contributed by atoms with Crippen molar-refractivity contribution in [3.63, 3.8) is 0 Å². The van der Waals surface area contributed by atoms with Gasteiger partial charge >= 0.3 is 0 Å². The van der Waals surface area contributed by atoms with E-state index in [1.807, 2.05) is 4.90 Å². The molecule has 1 amide bonds. The fourth-order valence-electron chi connectivity index (χ4n) is 1.47. The highest BCUT2D eigenvalue weighted by molar-refractivity contribution is 5.76. The summed E-state index contributed by atoms with van der Waals surface area (Å²) in [6, 6.07) is 0.351.